The minimum absolute atomic E-state index is 0.0287. The number of nitrogens with one attached hydrogen (secondary N) is 2. The lowest BCUT2D eigenvalue weighted by molar-refractivity contribution is 0.205. The van der Waals surface area contributed by atoms with Crippen molar-refractivity contribution in [3.05, 3.63) is 117 Å². The van der Waals surface area contributed by atoms with Gasteiger partial charge in [0.15, 0.2) is 11.6 Å². The molecule has 10 heteroatoms. The Kier molecular flexibility index (Phi) is 6.87. The van der Waals surface area contributed by atoms with Gasteiger partial charge < -0.3 is 15.5 Å². The molecular formula is C27H22ClF2N5O2. The summed E-state index contributed by atoms with van der Waals surface area (Å²) >= 11 is 5.98. The van der Waals surface area contributed by atoms with E-state index in [1.54, 1.807) is 24.3 Å². The molecule has 2 N–H and O–H groups in total. The molecule has 0 bridgehead atoms. The molecular weight excluding hydrogens is 500 g/mol. The first-order valence-electron chi connectivity index (χ1n) is 11.6. The zero-order valence-electron chi connectivity index (χ0n) is 19.5. The molecule has 2 heterocycles. The number of carbonyl (C=O) groups is 1. The van der Waals surface area contributed by atoms with Crippen molar-refractivity contribution in [2.24, 2.45) is 0 Å². The van der Waals surface area contributed by atoms with E-state index in [4.69, 9.17) is 16.6 Å². The molecule has 0 fully saturated rings. The third kappa shape index (κ3) is 5.31. The van der Waals surface area contributed by atoms with E-state index in [1.165, 1.54) is 15.5 Å². The van der Waals surface area contributed by atoms with Crippen LogP contribution >= 0.6 is 11.6 Å². The number of aromatic nitrogens is 2. The molecule has 7 nitrogen and oxygen atoms in total. The summed E-state index contributed by atoms with van der Waals surface area (Å²) < 4.78 is 28.3. The van der Waals surface area contributed by atoms with E-state index in [0.717, 1.165) is 17.7 Å². The largest absolute Gasteiger partial charge is 0.351 e. The number of para-hydroxylation sites is 1. The standard InChI is InChI=1S/C27H22ClF2N5O2/c28-18-8-6-17(7-9-18)15-31-26-33-24-12-13-34(27(37)32-19-10-11-22(29)23(30)14-19)16-21(24)25(36)35(26)20-4-2-1-3-5-20/h1-11,14H,12-13,15-16H2,(H,31,33)(H,32,37). The molecule has 0 saturated carbocycles. The van der Waals surface area contributed by atoms with Crippen molar-refractivity contribution in [1.82, 2.24) is 14.5 Å². The maximum atomic E-state index is 13.7. The van der Waals surface area contributed by atoms with E-state index < -0.39 is 17.7 Å². The molecule has 4 aromatic rings. The molecule has 1 aliphatic heterocycles. The highest BCUT2D eigenvalue weighted by Gasteiger charge is 2.27. The highest BCUT2D eigenvalue weighted by Crippen LogP contribution is 2.21. The number of hydrogen-bond acceptors (Lipinski definition) is 4. The van der Waals surface area contributed by atoms with Crippen LogP contribution in [0.2, 0.25) is 5.02 Å². The van der Waals surface area contributed by atoms with Gasteiger partial charge in [-0.2, -0.15) is 0 Å². The number of urea groups is 1. The summed E-state index contributed by atoms with van der Waals surface area (Å²) in [5.74, 6) is -1.67. The Morgan fingerprint density at radius 2 is 1.76 bits per heavy atom. The van der Waals surface area contributed by atoms with Crippen LogP contribution in [0.5, 0.6) is 0 Å². The normalized spacial score (nSPS) is 12.7. The summed E-state index contributed by atoms with van der Waals surface area (Å²) in [7, 11) is 0. The van der Waals surface area contributed by atoms with Crippen molar-refractivity contribution in [2.45, 2.75) is 19.5 Å². The van der Waals surface area contributed by atoms with Crippen LogP contribution in [-0.2, 0) is 19.5 Å². The molecule has 0 atom stereocenters. The average Bonchev–Trinajstić information content (AvgIpc) is 2.91. The van der Waals surface area contributed by atoms with Crippen LogP contribution in [0, 0.1) is 11.6 Å². The molecule has 1 aromatic heterocycles. The van der Waals surface area contributed by atoms with Crippen LogP contribution in [-0.4, -0.2) is 27.0 Å². The quantitative estimate of drug-likeness (QED) is 0.370. The maximum absolute atomic E-state index is 13.7. The van der Waals surface area contributed by atoms with Gasteiger partial charge in [0, 0.05) is 36.3 Å². The van der Waals surface area contributed by atoms with Gasteiger partial charge >= 0.3 is 6.03 Å². The van der Waals surface area contributed by atoms with Crippen molar-refractivity contribution in [2.75, 3.05) is 17.2 Å². The van der Waals surface area contributed by atoms with Gasteiger partial charge in [-0.25, -0.2) is 23.1 Å². The first-order valence-corrected chi connectivity index (χ1v) is 12.0. The highest BCUT2D eigenvalue weighted by atomic mass is 35.5. The summed E-state index contributed by atoms with van der Waals surface area (Å²) in [6.07, 6.45) is 0.362. The molecule has 3 aromatic carbocycles. The van der Waals surface area contributed by atoms with Crippen molar-refractivity contribution < 1.29 is 13.6 Å². The van der Waals surface area contributed by atoms with Gasteiger partial charge in [0.1, 0.15) is 0 Å². The second-order valence-electron chi connectivity index (χ2n) is 8.55. The van der Waals surface area contributed by atoms with Crippen molar-refractivity contribution in [3.63, 3.8) is 0 Å². The number of nitrogens with zero attached hydrogens (tertiary/aromatic N) is 3. The Morgan fingerprint density at radius 3 is 2.49 bits per heavy atom. The number of amides is 2. The zero-order chi connectivity index (χ0) is 25.9. The Morgan fingerprint density at radius 1 is 1.00 bits per heavy atom. The van der Waals surface area contributed by atoms with Crippen molar-refractivity contribution in [1.29, 1.82) is 0 Å². The van der Waals surface area contributed by atoms with E-state index >= 15 is 0 Å². The molecule has 0 radical (unpaired) electrons. The Labute approximate surface area is 216 Å². The molecule has 37 heavy (non-hydrogen) atoms. The molecule has 2 amide bonds. The smallest absolute Gasteiger partial charge is 0.322 e. The fourth-order valence-corrected chi connectivity index (χ4v) is 4.27. The van der Waals surface area contributed by atoms with Crippen LogP contribution in [0.25, 0.3) is 5.69 Å². The fraction of sp³-hybridized carbons (Fsp3) is 0.148. The Bertz CT molecular complexity index is 1510. The van der Waals surface area contributed by atoms with Gasteiger partial charge in [-0.1, -0.05) is 41.9 Å². The first kappa shape index (κ1) is 24.5. The topological polar surface area (TPSA) is 79.3 Å². The SMILES string of the molecule is O=C(Nc1ccc(F)c(F)c1)N1CCc2nc(NCc3ccc(Cl)cc3)n(-c3ccccc3)c(=O)c2C1. The number of anilines is 2. The van der Waals surface area contributed by atoms with Gasteiger partial charge in [-0.15, -0.1) is 0 Å². The molecule has 5 rings (SSSR count). The fourth-order valence-electron chi connectivity index (χ4n) is 4.14. The second kappa shape index (κ2) is 10.4. The Hall–Kier alpha value is -4.24. The van der Waals surface area contributed by atoms with E-state index in [0.29, 0.717) is 47.4 Å². The van der Waals surface area contributed by atoms with Gasteiger partial charge in [-0.3, -0.25) is 4.79 Å². The molecule has 0 unspecified atom stereocenters. The van der Waals surface area contributed by atoms with Crippen LogP contribution < -0.4 is 16.2 Å². The predicted molar refractivity (Wildman–Crippen MR) is 138 cm³/mol. The first-order chi connectivity index (χ1) is 17.9. The summed E-state index contributed by atoms with van der Waals surface area (Å²) in [5.41, 5.74) is 2.43. The van der Waals surface area contributed by atoms with Gasteiger partial charge in [0.25, 0.3) is 5.56 Å². The van der Waals surface area contributed by atoms with Crippen LogP contribution in [0.1, 0.15) is 16.8 Å². The maximum Gasteiger partial charge on any atom is 0.322 e. The molecule has 1 aliphatic rings. The van der Waals surface area contributed by atoms with Crippen LogP contribution in [0.3, 0.4) is 0 Å². The monoisotopic (exact) mass is 521 g/mol. The second-order valence-corrected chi connectivity index (χ2v) is 8.98. The van der Waals surface area contributed by atoms with Crippen molar-refractivity contribution in [3.8, 4) is 5.69 Å². The summed E-state index contributed by atoms with van der Waals surface area (Å²) in [5, 5.41) is 6.46. The Balaban J connectivity index is 1.44. The summed E-state index contributed by atoms with van der Waals surface area (Å²) in [4.78, 5) is 32.8. The number of hydrogen-bond donors (Lipinski definition) is 2. The minimum atomic E-state index is -1.06. The third-order valence-corrected chi connectivity index (χ3v) is 6.32. The third-order valence-electron chi connectivity index (χ3n) is 6.07. The molecule has 0 spiro atoms. The molecule has 188 valence electrons. The van der Waals surface area contributed by atoms with E-state index in [1.807, 2.05) is 30.3 Å². The van der Waals surface area contributed by atoms with Crippen LogP contribution in [0.4, 0.5) is 25.2 Å². The lowest BCUT2D eigenvalue weighted by Crippen LogP contribution is -2.43. The predicted octanol–water partition coefficient (Wildman–Crippen LogP) is 5.37. The lowest BCUT2D eigenvalue weighted by atomic mass is 10.1. The van der Waals surface area contributed by atoms with Crippen LogP contribution in [0.15, 0.2) is 77.6 Å². The summed E-state index contributed by atoms with van der Waals surface area (Å²) in [6.45, 7) is 0.764. The lowest BCUT2D eigenvalue weighted by Gasteiger charge is -2.29. The number of benzene rings is 3. The van der Waals surface area contributed by atoms with Gasteiger partial charge in [-0.05, 0) is 42.0 Å². The zero-order valence-corrected chi connectivity index (χ0v) is 20.3. The molecule has 0 saturated heterocycles. The van der Waals surface area contributed by atoms with E-state index in [2.05, 4.69) is 10.6 Å². The number of halogens is 3. The van der Waals surface area contributed by atoms with Crippen molar-refractivity contribution >= 4 is 29.3 Å². The molecule has 0 aliphatic carbocycles. The number of rotatable bonds is 5. The van der Waals surface area contributed by atoms with E-state index in [9.17, 15) is 18.4 Å². The van der Waals surface area contributed by atoms with Gasteiger partial charge in [0.05, 0.1) is 23.5 Å². The van der Waals surface area contributed by atoms with E-state index in [-0.39, 0.29) is 17.8 Å². The van der Waals surface area contributed by atoms with Gasteiger partial charge in [0.2, 0.25) is 5.95 Å². The highest BCUT2D eigenvalue weighted by molar-refractivity contribution is 6.30. The summed E-state index contributed by atoms with van der Waals surface area (Å²) in [6, 6.07) is 19.1. The number of carbonyl (C=O) groups excluding carboxylic acids is 1. The average molecular weight is 522 g/mol. The minimum Gasteiger partial charge on any atom is -0.351 e. The number of fused-ring (bicyclic) bond motifs is 1.